The molecule has 1 fully saturated rings. The first kappa shape index (κ1) is 10.2. The largest absolute Gasteiger partial charge is 0.338 e. The molecule has 5 nitrogen and oxygen atoms in total. The number of hydrogen-bond donors (Lipinski definition) is 1. The number of nitrogens with one attached hydrogen (secondary N) is 1. The van der Waals surface area contributed by atoms with E-state index >= 15 is 0 Å². The van der Waals surface area contributed by atoms with Crippen molar-refractivity contribution < 1.29 is 4.52 Å². The molecule has 0 saturated carbocycles. The summed E-state index contributed by atoms with van der Waals surface area (Å²) in [4.78, 5) is 6.47. The summed E-state index contributed by atoms with van der Waals surface area (Å²) >= 11 is 0. The summed E-state index contributed by atoms with van der Waals surface area (Å²) in [5.74, 6) is 1.36. The molecule has 0 aliphatic carbocycles. The van der Waals surface area contributed by atoms with E-state index < -0.39 is 0 Å². The predicted molar refractivity (Wildman–Crippen MR) is 57.6 cm³/mol. The second kappa shape index (κ2) is 4.93. The van der Waals surface area contributed by atoms with Gasteiger partial charge in [0.25, 0.3) is 5.95 Å². The summed E-state index contributed by atoms with van der Waals surface area (Å²) < 4.78 is 5.12. The first-order chi connectivity index (χ1) is 7.40. The second-order valence-corrected chi connectivity index (χ2v) is 3.60. The summed E-state index contributed by atoms with van der Waals surface area (Å²) in [6.45, 7) is 7.06. The molecule has 0 atom stereocenters. The molecule has 0 amide bonds. The van der Waals surface area contributed by atoms with E-state index in [0.29, 0.717) is 12.4 Å². The summed E-state index contributed by atoms with van der Waals surface area (Å²) in [5.41, 5.74) is 0. The van der Waals surface area contributed by atoms with Gasteiger partial charge in [-0.1, -0.05) is 6.08 Å². The van der Waals surface area contributed by atoms with E-state index in [2.05, 4.69) is 26.9 Å². The highest BCUT2D eigenvalue weighted by Crippen LogP contribution is 2.15. The van der Waals surface area contributed by atoms with Crippen molar-refractivity contribution in [2.75, 3.05) is 24.5 Å². The molecule has 1 aliphatic rings. The van der Waals surface area contributed by atoms with Gasteiger partial charge in [-0.3, -0.25) is 0 Å². The number of hydrogen-bond acceptors (Lipinski definition) is 5. The lowest BCUT2D eigenvalue weighted by Crippen LogP contribution is -2.19. The molecule has 0 unspecified atom stereocenters. The third-order valence-corrected chi connectivity index (χ3v) is 2.41. The number of rotatable bonds is 5. The third-order valence-electron chi connectivity index (χ3n) is 2.41. The Labute approximate surface area is 89.2 Å². The normalized spacial score (nSPS) is 15.9. The molecule has 1 N–H and O–H groups in total. The number of nitrogens with zero attached hydrogens (tertiary/aromatic N) is 3. The highest BCUT2D eigenvalue weighted by molar-refractivity contribution is 5.28. The average molecular weight is 208 g/mol. The Kier molecular flexibility index (Phi) is 3.34. The third kappa shape index (κ3) is 2.56. The van der Waals surface area contributed by atoms with E-state index in [1.165, 1.54) is 12.8 Å². The highest BCUT2D eigenvalue weighted by atomic mass is 16.5. The molecule has 15 heavy (non-hydrogen) atoms. The zero-order chi connectivity index (χ0) is 10.5. The van der Waals surface area contributed by atoms with Crippen molar-refractivity contribution in [3.05, 3.63) is 18.5 Å². The van der Waals surface area contributed by atoms with Crippen LogP contribution in [0, 0.1) is 0 Å². The van der Waals surface area contributed by atoms with Gasteiger partial charge < -0.3 is 14.7 Å². The SMILES string of the molecule is C=CCNCc1nc(N2CCCC2)no1. The summed E-state index contributed by atoms with van der Waals surface area (Å²) in [6.07, 6.45) is 4.24. The van der Waals surface area contributed by atoms with Crippen LogP contribution in [0.15, 0.2) is 17.2 Å². The van der Waals surface area contributed by atoms with Crippen molar-refractivity contribution in [1.82, 2.24) is 15.5 Å². The Balaban J connectivity index is 1.88. The van der Waals surface area contributed by atoms with Crippen molar-refractivity contribution in [2.45, 2.75) is 19.4 Å². The Morgan fingerprint density at radius 2 is 2.27 bits per heavy atom. The van der Waals surface area contributed by atoms with E-state index in [9.17, 15) is 0 Å². The van der Waals surface area contributed by atoms with E-state index in [1.807, 2.05) is 0 Å². The predicted octanol–water partition coefficient (Wildman–Crippen LogP) is 0.945. The Morgan fingerprint density at radius 3 is 3.00 bits per heavy atom. The molecule has 1 saturated heterocycles. The first-order valence-electron chi connectivity index (χ1n) is 5.29. The molecule has 0 radical (unpaired) electrons. The topological polar surface area (TPSA) is 54.2 Å². The van der Waals surface area contributed by atoms with Gasteiger partial charge in [-0.25, -0.2) is 0 Å². The van der Waals surface area contributed by atoms with Crippen molar-refractivity contribution in [3.63, 3.8) is 0 Å². The fourth-order valence-corrected chi connectivity index (χ4v) is 1.64. The van der Waals surface area contributed by atoms with Crippen LogP contribution in [0.3, 0.4) is 0 Å². The van der Waals surface area contributed by atoms with Crippen LogP contribution in [0.25, 0.3) is 0 Å². The molecule has 0 aromatic carbocycles. The minimum atomic E-state index is 0.604. The van der Waals surface area contributed by atoms with Gasteiger partial charge in [0.2, 0.25) is 5.89 Å². The van der Waals surface area contributed by atoms with Gasteiger partial charge in [0.05, 0.1) is 6.54 Å². The molecule has 1 aliphatic heterocycles. The summed E-state index contributed by atoms with van der Waals surface area (Å²) in [5, 5.41) is 7.07. The van der Waals surface area contributed by atoms with Gasteiger partial charge in [0, 0.05) is 19.6 Å². The van der Waals surface area contributed by atoms with Gasteiger partial charge in [-0.2, -0.15) is 4.98 Å². The smallest absolute Gasteiger partial charge is 0.266 e. The van der Waals surface area contributed by atoms with Crippen molar-refractivity contribution >= 4 is 5.95 Å². The van der Waals surface area contributed by atoms with Crippen LogP contribution in [-0.4, -0.2) is 29.8 Å². The molecule has 1 aromatic heterocycles. The van der Waals surface area contributed by atoms with E-state index in [4.69, 9.17) is 4.52 Å². The summed E-state index contributed by atoms with van der Waals surface area (Å²) in [7, 11) is 0. The molecule has 1 aromatic rings. The monoisotopic (exact) mass is 208 g/mol. The molecule has 82 valence electrons. The minimum absolute atomic E-state index is 0.604. The van der Waals surface area contributed by atoms with Crippen LogP contribution in [-0.2, 0) is 6.54 Å². The van der Waals surface area contributed by atoms with Crippen LogP contribution in [0.4, 0.5) is 5.95 Å². The van der Waals surface area contributed by atoms with Crippen molar-refractivity contribution in [1.29, 1.82) is 0 Å². The van der Waals surface area contributed by atoms with Crippen molar-refractivity contribution in [2.24, 2.45) is 0 Å². The molecule has 0 bridgehead atoms. The van der Waals surface area contributed by atoms with E-state index in [0.717, 1.165) is 25.6 Å². The molecule has 2 heterocycles. The maximum absolute atomic E-state index is 5.12. The molecule has 2 rings (SSSR count). The lowest BCUT2D eigenvalue weighted by Gasteiger charge is -2.09. The van der Waals surface area contributed by atoms with Crippen molar-refractivity contribution in [3.8, 4) is 0 Å². The molecular weight excluding hydrogens is 192 g/mol. The molecule has 5 heteroatoms. The summed E-state index contributed by atoms with van der Waals surface area (Å²) in [6, 6.07) is 0. The number of aromatic nitrogens is 2. The Hall–Kier alpha value is -1.36. The quantitative estimate of drug-likeness (QED) is 0.576. The van der Waals surface area contributed by atoms with Crippen LogP contribution in [0.1, 0.15) is 18.7 Å². The molecule has 0 spiro atoms. The maximum atomic E-state index is 5.12. The second-order valence-electron chi connectivity index (χ2n) is 3.60. The average Bonchev–Trinajstić information content (AvgIpc) is 2.87. The van der Waals surface area contributed by atoms with Gasteiger partial charge >= 0.3 is 0 Å². The Morgan fingerprint density at radius 1 is 1.47 bits per heavy atom. The highest BCUT2D eigenvalue weighted by Gasteiger charge is 2.17. The lowest BCUT2D eigenvalue weighted by molar-refractivity contribution is 0.369. The van der Waals surface area contributed by atoms with E-state index in [1.54, 1.807) is 6.08 Å². The first-order valence-corrected chi connectivity index (χ1v) is 5.29. The van der Waals surface area contributed by atoms with Gasteiger partial charge in [-0.05, 0) is 18.0 Å². The van der Waals surface area contributed by atoms with Gasteiger partial charge in [0.1, 0.15) is 0 Å². The Bertz CT molecular complexity index is 317. The fourth-order valence-electron chi connectivity index (χ4n) is 1.64. The van der Waals surface area contributed by atoms with E-state index in [-0.39, 0.29) is 0 Å². The molecular formula is C10H16N4O. The van der Waals surface area contributed by atoms with Crippen LogP contribution in [0.2, 0.25) is 0 Å². The number of anilines is 1. The van der Waals surface area contributed by atoms with Crippen LogP contribution < -0.4 is 10.2 Å². The zero-order valence-corrected chi connectivity index (χ0v) is 8.78. The van der Waals surface area contributed by atoms with Crippen LogP contribution >= 0.6 is 0 Å². The lowest BCUT2D eigenvalue weighted by atomic mass is 10.4. The maximum Gasteiger partial charge on any atom is 0.266 e. The zero-order valence-electron chi connectivity index (χ0n) is 8.78. The fraction of sp³-hybridized carbons (Fsp3) is 0.600. The van der Waals surface area contributed by atoms with Crippen LogP contribution in [0.5, 0.6) is 0 Å². The van der Waals surface area contributed by atoms with Gasteiger partial charge in [0.15, 0.2) is 0 Å². The minimum Gasteiger partial charge on any atom is -0.338 e. The van der Waals surface area contributed by atoms with Gasteiger partial charge in [-0.15, -0.1) is 6.58 Å². The standard InChI is InChI=1S/C10H16N4O/c1-2-5-11-8-9-12-10(13-15-9)14-6-3-4-7-14/h2,11H,1,3-8H2.